The third-order valence-corrected chi connectivity index (χ3v) is 8.56. The first kappa shape index (κ1) is 23.7. The Labute approximate surface area is 214 Å². The fourth-order valence-corrected chi connectivity index (χ4v) is 6.33. The lowest BCUT2D eigenvalue weighted by atomic mass is 10.1. The normalized spacial score (nSPS) is 16.6. The number of halogens is 1. The van der Waals surface area contributed by atoms with Crippen LogP contribution in [-0.4, -0.2) is 54.5 Å². The zero-order chi connectivity index (χ0) is 24.6. The predicted octanol–water partition coefficient (Wildman–Crippen LogP) is 4.54. The standard InChI is InChI=1S/C24H24ClN5O3S2.H2/c1-17-15-28(20-4-6-21(7-5-20)35(32,33)27-24-26-9-13-34-24)11-12-30(17)23(31)16-29-10-8-18-2-3-19(25)14-22(18)29;/h2-10,13-14,17H,11-12,15-16H2,1H3,(H,26,27);1H. The van der Waals surface area contributed by atoms with Gasteiger partial charge in [-0.15, -0.1) is 11.3 Å². The summed E-state index contributed by atoms with van der Waals surface area (Å²) in [5.41, 5.74) is 1.86. The number of rotatable bonds is 6. The zero-order valence-corrected chi connectivity index (χ0v) is 21.4. The van der Waals surface area contributed by atoms with E-state index in [-0.39, 0.29) is 24.8 Å². The lowest BCUT2D eigenvalue weighted by Crippen LogP contribution is -2.54. The molecule has 2 aromatic heterocycles. The van der Waals surface area contributed by atoms with E-state index in [0.717, 1.165) is 16.6 Å². The Balaban J connectivity index is 0.00000304. The topological polar surface area (TPSA) is 87.5 Å². The van der Waals surface area contributed by atoms with Crippen LogP contribution in [0.15, 0.2) is 71.2 Å². The molecule has 1 aliphatic rings. The zero-order valence-electron chi connectivity index (χ0n) is 19.0. The van der Waals surface area contributed by atoms with Gasteiger partial charge in [0.2, 0.25) is 5.91 Å². The van der Waals surface area contributed by atoms with Gasteiger partial charge in [-0.3, -0.25) is 9.52 Å². The van der Waals surface area contributed by atoms with Crippen LogP contribution in [0, 0.1) is 0 Å². The molecule has 1 unspecified atom stereocenters. The van der Waals surface area contributed by atoms with Gasteiger partial charge in [-0.2, -0.15) is 0 Å². The van der Waals surface area contributed by atoms with Crippen LogP contribution in [0.5, 0.6) is 0 Å². The maximum atomic E-state index is 13.1. The van der Waals surface area contributed by atoms with Crippen LogP contribution in [-0.2, 0) is 21.4 Å². The number of aromatic nitrogens is 2. The van der Waals surface area contributed by atoms with Crippen LogP contribution in [0.4, 0.5) is 10.8 Å². The van der Waals surface area contributed by atoms with Gasteiger partial charge in [-0.1, -0.05) is 17.7 Å². The molecule has 4 aromatic rings. The number of carbonyl (C=O) groups is 1. The van der Waals surface area contributed by atoms with E-state index in [1.165, 1.54) is 11.3 Å². The fourth-order valence-electron chi connectivity index (χ4n) is 4.38. The first-order chi connectivity index (χ1) is 16.8. The Morgan fingerprint density at radius 1 is 1.20 bits per heavy atom. The fraction of sp³-hybridized carbons (Fsp3) is 0.250. The van der Waals surface area contributed by atoms with Crippen molar-refractivity contribution in [3.63, 3.8) is 0 Å². The van der Waals surface area contributed by atoms with E-state index in [4.69, 9.17) is 11.6 Å². The molecule has 3 heterocycles. The van der Waals surface area contributed by atoms with E-state index in [0.29, 0.717) is 29.8 Å². The number of nitrogens with zero attached hydrogens (tertiary/aromatic N) is 4. The average molecular weight is 532 g/mol. The van der Waals surface area contributed by atoms with E-state index >= 15 is 0 Å². The first-order valence-corrected chi connectivity index (χ1v) is 13.9. The predicted molar refractivity (Wildman–Crippen MR) is 142 cm³/mol. The molecule has 0 saturated carbocycles. The molecular weight excluding hydrogens is 506 g/mol. The third kappa shape index (κ3) is 5.00. The molecule has 1 aliphatic heterocycles. The Bertz CT molecular complexity index is 1460. The molecule has 1 N–H and O–H groups in total. The summed E-state index contributed by atoms with van der Waals surface area (Å²) >= 11 is 7.37. The van der Waals surface area contributed by atoms with Crippen molar-refractivity contribution in [2.45, 2.75) is 24.4 Å². The summed E-state index contributed by atoms with van der Waals surface area (Å²) in [5, 5.41) is 3.74. The number of amides is 1. The number of anilines is 2. The molecule has 35 heavy (non-hydrogen) atoms. The number of benzene rings is 2. The van der Waals surface area contributed by atoms with E-state index in [1.807, 2.05) is 46.9 Å². The molecule has 1 amide bonds. The van der Waals surface area contributed by atoms with Gasteiger partial charge in [-0.05, 0) is 54.8 Å². The second-order valence-corrected chi connectivity index (χ2v) is 11.5. The second-order valence-electron chi connectivity index (χ2n) is 8.47. The Morgan fingerprint density at radius 3 is 2.71 bits per heavy atom. The SMILES string of the molecule is CC1CN(c2ccc(S(=O)(=O)Nc3nccs3)cc2)CCN1C(=O)Cn1ccc2ccc(Cl)cc21.[HH]. The molecule has 11 heteroatoms. The minimum absolute atomic E-state index is 0. The molecule has 0 bridgehead atoms. The molecule has 1 saturated heterocycles. The van der Waals surface area contributed by atoms with Gasteiger partial charge in [0.05, 0.1) is 4.90 Å². The molecule has 5 rings (SSSR count). The quantitative estimate of drug-likeness (QED) is 0.395. The number of carbonyl (C=O) groups excluding carboxylic acids is 1. The maximum absolute atomic E-state index is 13.1. The van der Waals surface area contributed by atoms with Crippen LogP contribution in [0.25, 0.3) is 10.9 Å². The van der Waals surface area contributed by atoms with E-state index < -0.39 is 10.0 Å². The van der Waals surface area contributed by atoms with Crippen molar-refractivity contribution >= 4 is 60.6 Å². The van der Waals surface area contributed by atoms with E-state index in [2.05, 4.69) is 14.6 Å². The van der Waals surface area contributed by atoms with Gasteiger partial charge in [0.15, 0.2) is 5.13 Å². The molecule has 2 aromatic carbocycles. The van der Waals surface area contributed by atoms with Crippen LogP contribution in [0.2, 0.25) is 5.02 Å². The largest absolute Gasteiger partial charge is 0.368 e. The highest BCUT2D eigenvalue weighted by Gasteiger charge is 2.28. The van der Waals surface area contributed by atoms with Crippen molar-refractivity contribution in [1.29, 1.82) is 0 Å². The van der Waals surface area contributed by atoms with Gasteiger partial charge in [0.1, 0.15) is 6.54 Å². The monoisotopic (exact) mass is 531 g/mol. The molecular formula is C24H26ClN5O3S2. The minimum atomic E-state index is -3.69. The van der Waals surface area contributed by atoms with E-state index in [9.17, 15) is 13.2 Å². The summed E-state index contributed by atoms with van der Waals surface area (Å²) in [6.07, 6.45) is 3.46. The number of thiazole rings is 1. The number of nitrogens with one attached hydrogen (secondary N) is 1. The Hall–Kier alpha value is -3.08. The Kier molecular flexibility index (Phi) is 6.43. The second kappa shape index (κ2) is 9.52. The number of sulfonamides is 1. The van der Waals surface area contributed by atoms with Crippen LogP contribution in [0.3, 0.4) is 0 Å². The molecule has 1 atom stereocenters. The molecule has 8 nitrogen and oxygen atoms in total. The van der Waals surface area contributed by atoms with Gasteiger partial charge < -0.3 is 14.4 Å². The molecule has 1 fully saturated rings. The highest BCUT2D eigenvalue weighted by molar-refractivity contribution is 7.93. The highest BCUT2D eigenvalue weighted by atomic mass is 35.5. The summed E-state index contributed by atoms with van der Waals surface area (Å²) in [5.74, 6) is 0.0596. The first-order valence-electron chi connectivity index (χ1n) is 11.1. The van der Waals surface area contributed by atoms with Crippen LogP contribution >= 0.6 is 22.9 Å². The van der Waals surface area contributed by atoms with Gasteiger partial charge >= 0.3 is 0 Å². The van der Waals surface area contributed by atoms with Gasteiger partial charge in [-0.25, -0.2) is 13.4 Å². The summed E-state index contributed by atoms with van der Waals surface area (Å²) in [4.78, 5) is 21.3. The molecule has 0 aliphatic carbocycles. The number of hydrogen-bond donors (Lipinski definition) is 1. The summed E-state index contributed by atoms with van der Waals surface area (Å²) in [6.45, 7) is 4.20. The van der Waals surface area contributed by atoms with Crippen molar-refractivity contribution < 1.29 is 14.6 Å². The highest BCUT2D eigenvalue weighted by Crippen LogP contribution is 2.25. The van der Waals surface area contributed by atoms with E-state index in [1.54, 1.807) is 35.8 Å². The minimum Gasteiger partial charge on any atom is -0.368 e. The van der Waals surface area contributed by atoms with Crippen molar-refractivity contribution in [2.75, 3.05) is 29.3 Å². The number of hydrogen-bond acceptors (Lipinski definition) is 6. The molecule has 0 spiro atoms. The lowest BCUT2D eigenvalue weighted by Gasteiger charge is -2.41. The number of piperazine rings is 1. The summed E-state index contributed by atoms with van der Waals surface area (Å²) in [6, 6.07) is 14.5. The Morgan fingerprint density at radius 2 is 2.00 bits per heavy atom. The average Bonchev–Trinajstić information content (AvgIpc) is 3.48. The molecule has 184 valence electrons. The van der Waals surface area contributed by atoms with Crippen LogP contribution < -0.4 is 9.62 Å². The summed E-state index contributed by atoms with van der Waals surface area (Å²) in [7, 11) is -3.69. The van der Waals surface area contributed by atoms with Crippen molar-refractivity contribution in [3.05, 3.63) is 71.3 Å². The van der Waals surface area contributed by atoms with Crippen molar-refractivity contribution in [1.82, 2.24) is 14.5 Å². The maximum Gasteiger partial charge on any atom is 0.263 e. The number of fused-ring (bicyclic) bond motifs is 1. The third-order valence-electron chi connectivity index (χ3n) is 6.16. The van der Waals surface area contributed by atoms with Gasteiger partial charge in [0.25, 0.3) is 10.0 Å². The van der Waals surface area contributed by atoms with Crippen molar-refractivity contribution in [3.8, 4) is 0 Å². The van der Waals surface area contributed by atoms with Crippen molar-refractivity contribution in [2.24, 2.45) is 0 Å². The lowest BCUT2D eigenvalue weighted by molar-refractivity contribution is -0.134. The van der Waals surface area contributed by atoms with Gasteiger partial charge in [0, 0.05) is 61.1 Å². The summed E-state index contributed by atoms with van der Waals surface area (Å²) < 4.78 is 29.6. The van der Waals surface area contributed by atoms with Crippen LogP contribution in [0.1, 0.15) is 8.35 Å². The molecule has 0 radical (unpaired) electrons. The smallest absolute Gasteiger partial charge is 0.263 e.